The van der Waals surface area contributed by atoms with Crippen molar-refractivity contribution in [3.05, 3.63) is 73.1 Å². The summed E-state index contributed by atoms with van der Waals surface area (Å²) in [6.45, 7) is 0.632. The molecule has 0 saturated carbocycles. The average molecular weight is 361 g/mol. The second-order valence-corrected chi connectivity index (χ2v) is 6.39. The molecule has 27 heavy (non-hydrogen) atoms. The summed E-state index contributed by atoms with van der Waals surface area (Å²) < 4.78 is 1.83. The second kappa shape index (κ2) is 7.41. The van der Waals surface area contributed by atoms with Gasteiger partial charge in [-0.25, -0.2) is 4.98 Å². The molecule has 7 nitrogen and oxygen atoms in total. The SMILES string of the molecule is O=C(NC1CCCN(c2cccnc2)C1=O)c1cccc(-n2ccnc2)c1. The molecule has 7 heteroatoms. The van der Waals surface area contributed by atoms with Gasteiger partial charge < -0.3 is 14.8 Å². The number of nitrogens with zero attached hydrogens (tertiary/aromatic N) is 4. The van der Waals surface area contributed by atoms with E-state index in [9.17, 15) is 9.59 Å². The van der Waals surface area contributed by atoms with Gasteiger partial charge in [0, 0.05) is 36.4 Å². The highest BCUT2D eigenvalue weighted by atomic mass is 16.2. The molecule has 2 aromatic heterocycles. The number of carbonyl (C=O) groups excluding carboxylic acids is 2. The fraction of sp³-hybridized carbons (Fsp3) is 0.200. The predicted molar refractivity (Wildman–Crippen MR) is 101 cm³/mol. The Balaban J connectivity index is 1.49. The zero-order valence-corrected chi connectivity index (χ0v) is 14.7. The third-order valence-corrected chi connectivity index (χ3v) is 4.61. The molecule has 1 N–H and O–H groups in total. The fourth-order valence-electron chi connectivity index (χ4n) is 3.24. The van der Waals surface area contributed by atoms with E-state index in [0.29, 0.717) is 18.5 Å². The van der Waals surface area contributed by atoms with Crippen LogP contribution >= 0.6 is 0 Å². The van der Waals surface area contributed by atoms with Gasteiger partial charge in [-0.15, -0.1) is 0 Å². The smallest absolute Gasteiger partial charge is 0.252 e. The number of anilines is 1. The minimum atomic E-state index is -0.539. The highest BCUT2D eigenvalue weighted by Gasteiger charge is 2.31. The molecule has 1 aromatic carbocycles. The van der Waals surface area contributed by atoms with Crippen LogP contribution in [0.3, 0.4) is 0 Å². The zero-order chi connectivity index (χ0) is 18.6. The Morgan fingerprint density at radius 2 is 2.00 bits per heavy atom. The van der Waals surface area contributed by atoms with Crippen LogP contribution in [0.5, 0.6) is 0 Å². The van der Waals surface area contributed by atoms with E-state index >= 15 is 0 Å². The van der Waals surface area contributed by atoms with E-state index < -0.39 is 6.04 Å². The molecule has 136 valence electrons. The van der Waals surface area contributed by atoms with E-state index in [4.69, 9.17) is 0 Å². The maximum Gasteiger partial charge on any atom is 0.252 e. The van der Waals surface area contributed by atoms with Crippen LogP contribution in [0, 0.1) is 0 Å². The van der Waals surface area contributed by atoms with Crippen molar-refractivity contribution in [3.63, 3.8) is 0 Å². The maximum absolute atomic E-state index is 12.8. The third-order valence-electron chi connectivity index (χ3n) is 4.61. The van der Waals surface area contributed by atoms with Crippen molar-refractivity contribution in [1.82, 2.24) is 19.9 Å². The number of rotatable bonds is 4. The van der Waals surface area contributed by atoms with E-state index in [-0.39, 0.29) is 11.8 Å². The van der Waals surface area contributed by atoms with Gasteiger partial charge in [0.2, 0.25) is 5.91 Å². The average Bonchev–Trinajstić information content (AvgIpc) is 3.25. The van der Waals surface area contributed by atoms with Crippen molar-refractivity contribution in [2.24, 2.45) is 0 Å². The van der Waals surface area contributed by atoms with Crippen molar-refractivity contribution < 1.29 is 9.59 Å². The summed E-state index contributed by atoms with van der Waals surface area (Å²) in [5, 5.41) is 2.88. The summed E-state index contributed by atoms with van der Waals surface area (Å²) in [4.78, 5) is 35.3. The van der Waals surface area contributed by atoms with Gasteiger partial charge >= 0.3 is 0 Å². The molecule has 4 rings (SSSR count). The summed E-state index contributed by atoms with van der Waals surface area (Å²) in [5.74, 6) is -0.364. The van der Waals surface area contributed by atoms with Crippen LogP contribution in [0.2, 0.25) is 0 Å². The molecular formula is C20H19N5O2. The molecule has 0 bridgehead atoms. The van der Waals surface area contributed by atoms with Gasteiger partial charge in [0.05, 0.1) is 18.2 Å². The largest absolute Gasteiger partial charge is 0.340 e. The van der Waals surface area contributed by atoms with Crippen LogP contribution in [0.25, 0.3) is 5.69 Å². The Labute approximate surface area is 156 Å². The van der Waals surface area contributed by atoms with Gasteiger partial charge in [-0.3, -0.25) is 14.6 Å². The van der Waals surface area contributed by atoms with E-state index in [1.165, 1.54) is 0 Å². The van der Waals surface area contributed by atoms with E-state index in [0.717, 1.165) is 17.8 Å². The molecular weight excluding hydrogens is 342 g/mol. The molecule has 3 aromatic rings. The first-order valence-corrected chi connectivity index (χ1v) is 8.83. The molecule has 1 unspecified atom stereocenters. The molecule has 1 aliphatic rings. The lowest BCUT2D eigenvalue weighted by Crippen LogP contribution is -2.52. The predicted octanol–water partition coefficient (Wildman–Crippen LogP) is 2.19. The Bertz CT molecular complexity index is 940. The van der Waals surface area contributed by atoms with E-state index in [1.807, 2.05) is 29.0 Å². The number of nitrogens with one attached hydrogen (secondary N) is 1. The first kappa shape index (κ1) is 17.0. The van der Waals surface area contributed by atoms with Crippen molar-refractivity contribution in [2.75, 3.05) is 11.4 Å². The zero-order valence-electron chi connectivity index (χ0n) is 14.7. The lowest BCUT2D eigenvalue weighted by Gasteiger charge is -2.32. The topological polar surface area (TPSA) is 80.1 Å². The number of pyridine rings is 1. The van der Waals surface area contributed by atoms with Crippen LogP contribution in [-0.4, -0.2) is 38.9 Å². The number of imidazole rings is 1. The number of hydrogen-bond acceptors (Lipinski definition) is 4. The summed E-state index contributed by atoms with van der Waals surface area (Å²) in [5.41, 5.74) is 2.10. The lowest BCUT2D eigenvalue weighted by molar-refractivity contribution is -0.121. The third kappa shape index (κ3) is 3.57. The van der Waals surface area contributed by atoms with Crippen molar-refractivity contribution in [1.29, 1.82) is 0 Å². The number of aromatic nitrogens is 3. The first-order chi connectivity index (χ1) is 13.2. The molecule has 1 aliphatic heterocycles. The van der Waals surface area contributed by atoms with Gasteiger partial charge in [-0.05, 0) is 43.2 Å². The number of benzene rings is 1. The standard InChI is InChI=1S/C20H19N5O2/c26-19(15-4-1-5-16(12-15)24-11-9-22-14-24)23-18-7-3-10-25(20(18)27)17-6-2-8-21-13-17/h1-2,4-6,8-9,11-14,18H,3,7,10H2,(H,23,26). The Morgan fingerprint density at radius 3 is 2.78 bits per heavy atom. The summed E-state index contributed by atoms with van der Waals surface area (Å²) in [7, 11) is 0. The first-order valence-electron chi connectivity index (χ1n) is 8.83. The van der Waals surface area contributed by atoms with E-state index in [1.54, 1.807) is 48.0 Å². The summed E-state index contributed by atoms with van der Waals surface area (Å²) in [6, 6.07) is 10.3. The molecule has 2 amide bonds. The van der Waals surface area contributed by atoms with Gasteiger partial charge in [-0.2, -0.15) is 0 Å². The number of carbonyl (C=O) groups is 2. The van der Waals surface area contributed by atoms with Gasteiger partial charge in [0.15, 0.2) is 0 Å². The monoisotopic (exact) mass is 361 g/mol. The van der Waals surface area contributed by atoms with Crippen molar-refractivity contribution >= 4 is 17.5 Å². The Morgan fingerprint density at radius 1 is 1.11 bits per heavy atom. The molecule has 0 spiro atoms. The normalized spacial score (nSPS) is 17.0. The number of piperidine rings is 1. The van der Waals surface area contributed by atoms with Crippen molar-refractivity contribution in [2.45, 2.75) is 18.9 Å². The quantitative estimate of drug-likeness (QED) is 0.772. The van der Waals surface area contributed by atoms with Crippen LogP contribution in [-0.2, 0) is 4.79 Å². The lowest BCUT2D eigenvalue weighted by atomic mass is 10.0. The highest BCUT2D eigenvalue weighted by molar-refractivity contribution is 6.02. The second-order valence-electron chi connectivity index (χ2n) is 6.39. The minimum absolute atomic E-state index is 0.103. The van der Waals surface area contributed by atoms with Crippen molar-refractivity contribution in [3.8, 4) is 5.69 Å². The molecule has 1 atom stereocenters. The molecule has 1 fully saturated rings. The molecule has 0 aliphatic carbocycles. The van der Waals surface area contributed by atoms with Gasteiger partial charge in [-0.1, -0.05) is 6.07 Å². The van der Waals surface area contributed by atoms with Crippen LogP contribution < -0.4 is 10.2 Å². The van der Waals surface area contributed by atoms with Crippen LogP contribution in [0.15, 0.2) is 67.5 Å². The Kier molecular flexibility index (Phi) is 4.65. The fourth-order valence-corrected chi connectivity index (χ4v) is 3.24. The minimum Gasteiger partial charge on any atom is -0.340 e. The van der Waals surface area contributed by atoms with E-state index in [2.05, 4.69) is 15.3 Å². The molecule has 1 saturated heterocycles. The molecule has 3 heterocycles. The number of hydrogen-bond donors (Lipinski definition) is 1. The highest BCUT2D eigenvalue weighted by Crippen LogP contribution is 2.20. The molecule has 0 radical (unpaired) electrons. The van der Waals surface area contributed by atoms with Gasteiger partial charge in [0.25, 0.3) is 5.91 Å². The van der Waals surface area contributed by atoms with Crippen LogP contribution in [0.4, 0.5) is 5.69 Å². The summed E-state index contributed by atoms with van der Waals surface area (Å²) >= 11 is 0. The van der Waals surface area contributed by atoms with Crippen LogP contribution in [0.1, 0.15) is 23.2 Å². The number of amides is 2. The Hall–Kier alpha value is -3.48. The summed E-state index contributed by atoms with van der Waals surface area (Å²) in [6.07, 6.45) is 9.95. The van der Waals surface area contributed by atoms with Gasteiger partial charge in [0.1, 0.15) is 6.04 Å². The maximum atomic E-state index is 12.8.